The maximum Gasteiger partial charge on any atom is 0.239 e. The van der Waals surface area contributed by atoms with Crippen molar-refractivity contribution in [3.05, 3.63) is 27.7 Å². The molecule has 0 aromatic heterocycles. The van der Waals surface area contributed by atoms with Gasteiger partial charge in [-0.25, -0.2) is 0 Å². The Hall–Kier alpha value is -0.970. The van der Waals surface area contributed by atoms with Crippen molar-refractivity contribution in [2.24, 2.45) is 0 Å². The Bertz CT molecular complexity index is 594. The molecule has 2 aliphatic rings. The summed E-state index contributed by atoms with van der Waals surface area (Å²) in [6, 6.07) is 3.75. The second-order valence-electron chi connectivity index (χ2n) is 6.01. The minimum atomic E-state index is -0.0860. The van der Waals surface area contributed by atoms with Crippen LogP contribution < -0.4 is 10.1 Å². The van der Waals surface area contributed by atoms with Crippen LogP contribution in [0.1, 0.15) is 31.2 Å². The number of halogens is 2. The summed E-state index contributed by atoms with van der Waals surface area (Å²) < 4.78 is 5.47. The maximum atomic E-state index is 12.2. The number of fused-ring (bicyclic) bond motifs is 1. The van der Waals surface area contributed by atoms with Crippen LogP contribution in [-0.4, -0.2) is 43.1 Å². The summed E-state index contributed by atoms with van der Waals surface area (Å²) in [6.07, 6.45) is 1.76. The number of rotatable bonds is 2. The van der Waals surface area contributed by atoms with Crippen molar-refractivity contribution in [2.45, 2.75) is 37.8 Å². The van der Waals surface area contributed by atoms with Crippen LogP contribution in [0.2, 0.25) is 10.0 Å². The van der Waals surface area contributed by atoms with Gasteiger partial charge in [0.2, 0.25) is 5.91 Å². The molecule has 120 valence electrons. The zero-order valence-electron chi connectivity index (χ0n) is 12.7. The third kappa shape index (κ3) is 2.68. The smallest absolute Gasteiger partial charge is 0.239 e. The van der Waals surface area contributed by atoms with Crippen molar-refractivity contribution in [3.63, 3.8) is 0 Å². The number of ether oxygens (including phenoxy) is 1. The van der Waals surface area contributed by atoms with Gasteiger partial charge in [0.05, 0.1) is 23.2 Å². The average molecular weight is 343 g/mol. The van der Waals surface area contributed by atoms with Crippen LogP contribution in [0.5, 0.6) is 5.75 Å². The van der Waals surface area contributed by atoms with E-state index in [1.54, 1.807) is 13.2 Å². The van der Waals surface area contributed by atoms with Crippen molar-refractivity contribution in [3.8, 4) is 5.75 Å². The minimum Gasteiger partial charge on any atom is -0.496 e. The summed E-state index contributed by atoms with van der Waals surface area (Å²) in [5.74, 6) is 1.22. The Kier molecular flexibility index (Phi) is 4.53. The summed E-state index contributed by atoms with van der Waals surface area (Å²) >= 11 is 12.6. The fourth-order valence-corrected chi connectivity index (χ4v) is 4.03. The molecule has 0 saturated carbocycles. The number of carbonyl (C=O) groups is 1. The van der Waals surface area contributed by atoms with E-state index in [0.29, 0.717) is 10.0 Å². The predicted octanol–water partition coefficient (Wildman–Crippen LogP) is 3.07. The van der Waals surface area contributed by atoms with Crippen LogP contribution in [0.3, 0.4) is 0 Å². The summed E-state index contributed by atoms with van der Waals surface area (Å²) in [5, 5.41) is 4.40. The van der Waals surface area contributed by atoms with Crippen LogP contribution in [-0.2, 0) is 4.79 Å². The fourth-order valence-electron chi connectivity index (χ4n) is 3.55. The fraction of sp³-hybridized carbons (Fsp3) is 0.562. The van der Waals surface area contributed by atoms with Crippen molar-refractivity contribution in [2.75, 3.05) is 20.2 Å². The second kappa shape index (κ2) is 6.26. The molecule has 0 spiro atoms. The van der Waals surface area contributed by atoms with E-state index in [0.717, 1.165) is 37.2 Å². The van der Waals surface area contributed by atoms with Crippen molar-refractivity contribution >= 4 is 29.1 Å². The number of hydrogen-bond donors (Lipinski definition) is 1. The number of hydrogen-bond acceptors (Lipinski definition) is 3. The Balaban J connectivity index is 1.87. The monoisotopic (exact) mass is 342 g/mol. The molecule has 0 bridgehead atoms. The number of carbonyl (C=O) groups excluding carboxylic acids is 1. The summed E-state index contributed by atoms with van der Waals surface area (Å²) in [5.41, 5.74) is 0.974. The van der Waals surface area contributed by atoms with Gasteiger partial charge in [0.15, 0.2) is 0 Å². The molecule has 6 heteroatoms. The van der Waals surface area contributed by atoms with E-state index in [4.69, 9.17) is 27.9 Å². The average Bonchev–Trinajstić information content (AvgIpc) is 2.53. The normalized spacial score (nSPS) is 28.5. The first-order chi connectivity index (χ1) is 10.5. The molecule has 0 radical (unpaired) electrons. The largest absolute Gasteiger partial charge is 0.496 e. The minimum absolute atomic E-state index is 0.0860. The van der Waals surface area contributed by atoms with Crippen LogP contribution in [0.25, 0.3) is 0 Å². The number of piperazine rings is 1. The van der Waals surface area contributed by atoms with Crippen molar-refractivity contribution in [1.82, 2.24) is 10.2 Å². The van der Waals surface area contributed by atoms with E-state index in [9.17, 15) is 4.79 Å². The van der Waals surface area contributed by atoms with Gasteiger partial charge < -0.3 is 15.0 Å². The van der Waals surface area contributed by atoms with Gasteiger partial charge >= 0.3 is 0 Å². The van der Waals surface area contributed by atoms with E-state index in [1.807, 2.05) is 17.9 Å². The topological polar surface area (TPSA) is 41.6 Å². The highest BCUT2D eigenvalue weighted by Crippen LogP contribution is 2.43. The summed E-state index contributed by atoms with van der Waals surface area (Å²) in [7, 11) is 1.64. The van der Waals surface area contributed by atoms with Gasteiger partial charge in [-0.05, 0) is 37.8 Å². The molecule has 2 heterocycles. The standard InChI is InChI=1S/C16H20Cl2N2O2/c1-9-16(21)20-6-5-10(7-11(20)8-19-9)14-13(22-2)4-3-12(17)15(14)18/h3-4,9-11,19H,5-8H2,1-2H3/t9-,10+,11-/m0/s1. The molecule has 22 heavy (non-hydrogen) atoms. The highest BCUT2D eigenvalue weighted by Gasteiger charge is 2.38. The highest BCUT2D eigenvalue weighted by atomic mass is 35.5. The van der Waals surface area contributed by atoms with E-state index < -0.39 is 0 Å². The highest BCUT2D eigenvalue weighted by molar-refractivity contribution is 6.42. The molecule has 2 fully saturated rings. The van der Waals surface area contributed by atoms with Gasteiger partial charge in [0.1, 0.15) is 5.75 Å². The van der Waals surface area contributed by atoms with Crippen molar-refractivity contribution < 1.29 is 9.53 Å². The number of piperidine rings is 1. The first-order valence-electron chi connectivity index (χ1n) is 7.58. The van der Waals surface area contributed by atoms with Gasteiger partial charge in [-0.3, -0.25) is 4.79 Å². The molecular formula is C16H20Cl2N2O2. The first kappa shape index (κ1) is 15.9. The number of methoxy groups -OCH3 is 1. The predicted molar refractivity (Wildman–Crippen MR) is 88.0 cm³/mol. The van der Waals surface area contributed by atoms with Crippen molar-refractivity contribution in [1.29, 1.82) is 0 Å². The SMILES string of the molecule is COc1ccc(Cl)c(Cl)c1[C@@H]1CCN2C(=O)[C@H](C)NC[C@@H]2C1. The quantitative estimate of drug-likeness (QED) is 0.897. The van der Waals surface area contributed by atoms with Gasteiger partial charge in [0.25, 0.3) is 0 Å². The Labute approximate surface area is 140 Å². The van der Waals surface area contributed by atoms with E-state index >= 15 is 0 Å². The number of nitrogens with zero attached hydrogens (tertiary/aromatic N) is 1. The molecule has 1 aromatic carbocycles. The Morgan fingerprint density at radius 1 is 1.36 bits per heavy atom. The molecule has 3 atom stereocenters. The zero-order valence-corrected chi connectivity index (χ0v) is 14.2. The van der Waals surface area contributed by atoms with Gasteiger partial charge in [-0.1, -0.05) is 23.2 Å². The van der Waals surface area contributed by atoms with Gasteiger partial charge in [-0.2, -0.15) is 0 Å². The van der Waals surface area contributed by atoms with Crippen LogP contribution >= 0.6 is 23.2 Å². The Morgan fingerprint density at radius 3 is 2.86 bits per heavy atom. The van der Waals surface area contributed by atoms with Gasteiger partial charge in [-0.15, -0.1) is 0 Å². The van der Waals surface area contributed by atoms with Crippen LogP contribution in [0.15, 0.2) is 12.1 Å². The lowest BCUT2D eigenvalue weighted by atomic mass is 9.83. The molecule has 1 amide bonds. The second-order valence-corrected chi connectivity index (χ2v) is 6.80. The van der Waals surface area contributed by atoms with Crippen LogP contribution in [0.4, 0.5) is 0 Å². The van der Waals surface area contributed by atoms with E-state index in [2.05, 4.69) is 5.32 Å². The molecule has 1 N–H and O–H groups in total. The Morgan fingerprint density at radius 2 is 2.14 bits per heavy atom. The summed E-state index contributed by atoms with van der Waals surface area (Å²) in [6.45, 7) is 3.50. The third-order valence-corrected chi connectivity index (χ3v) is 5.57. The molecule has 2 aliphatic heterocycles. The summed E-state index contributed by atoms with van der Waals surface area (Å²) in [4.78, 5) is 14.2. The molecule has 4 nitrogen and oxygen atoms in total. The first-order valence-corrected chi connectivity index (χ1v) is 8.34. The molecule has 0 aliphatic carbocycles. The van der Waals surface area contributed by atoms with Crippen LogP contribution in [0, 0.1) is 0 Å². The molecule has 2 saturated heterocycles. The van der Waals surface area contributed by atoms with E-state index in [1.165, 1.54) is 0 Å². The molecule has 3 rings (SSSR count). The number of benzene rings is 1. The van der Waals surface area contributed by atoms with Gasteiger partial charge in [0, 0.05) is 24.7 Å². The molecular weight excluding hydrogens is 323 g/mol. The maximum absolute atomic E-state index is 12.2. The number of amides is 1. The number of nitrogens with one attached hydrogen (secondary N) is 1. The lowest BCUT2D eigenvalue weighted by Gasteiger charge is -2.45. The zero-order chi connectivity index (χ0) is 15.9. The third-order valence-electron chi connectivity index (χ3n) is 4.75. The lowest BCUT2D eigenvalue weighted by Crippen LogP contribution is -2.61. The molecule has 0 unspecified atom stereocenters. The van der Waals surface area contributed by atoms with E-state index in [-0.39, 0.29) is 23.9 Å². The lowest BCUT2D eigenvalue weighted by molar-refractivity contribution is -0.140. The molecule has 1 aromatic rings.